The third-order valence-electron chi connectivity index (χ3n) is 4.63. The van der Waals surface area contributed by atoms with E-state index in [1.807, 2.05) is 6.92 Å². The van der Waals surface area contributed by atoms with Crippen LogP contribution in [0.25, 0.3) is 0 Å². The molecule has 2 bridgehead atoms. The zero-order valence-electron chi connectivity index (χ0n) is 14.0. The largest absolute Gasteiger partial charge is 0.491 e. The van der Waals surface area contributed by atoms with Crippen LogP contribution in [0.4, 0.5) is 0 Å². The summed E-state index contributed by atoms with van der Waals surface area (Å²) in [7, 11) is -3.48. The summed E-state index contributed by atoms with van der Waals surface area (Å²) in [6.07, 6.45) is 4.04. The van der Waals surface area contributed by atoms with Gasteiger partial charge < -0.3 is 14.8 Å². The number of hydrogen-bond acceptors (Lipinski definition) is 5. The van der Waals surface area contributed by atoms with E-state index in [9.17, 15) is 8.42 Å². The molecule has 6 nitrogen and oxygen atoms in total. The average molecular weight is 354 g/mol. The molecule has 1 aromatic rings. The fraction of sp³-hybridized carbons (Fsp3) is 0.647. The summed E-state index contributed by atoms with van der Waals surface area (Å²) in [4.78, 5) is 0.283. The van der Waals surface area contributed by atoms with Gasteiger partial charge in [0, 0.05) is 24.7 Å². The molecule has 24 heavy (non-hydrogen) atoms. The standard InChI is InChI=1S/C17H26N2O4S/c1-2-22-9-10-23-16-5-7-17(8-6-16)24(20,21)19-15-11-13-3-4-14(12-15)18-13/h5-8,13-15,18-19H,2-4,9-12H2,1H3. The van der Waals surface area contributed by atoms with Crippen molar-refractivity contribution in [2.24, 2.45) is 0 Å². The first-order valence-electron chi connectivity index (χ1n) is 8.66. The summed E-state index contributed by atoms with van der Waals surface area (Å²) in [5.74, 6) is 0.647. The third kappa shape index (κ3) is 4.47. The van der Waals surface area contributed by atoms with Gasteiger partial charge in [0.05, 0.1) is 11.5 Å². The highest BCUT2D eigenvalue weighted by Crippen LogP contribution is 2.28. The molecule has 0 radical (unpaired) electrons. The fourth-order valence-electron chi connectivity index (χ4n) is 3.52. The van der Waals surface area contributed by atoms with E-state index in [4.69, 9.17) is 9.47 Å². The molecule has 2 fully saturated rings. The minimum Gasteiger partial charge on any atom is -0.491 e. The number of benzene rings is 1. The van der Waals surface area contributed by atoms with Gasteiger partial charge in [-0.1, -0.05) is 0 Å². The molecule has 2 unspecified atom stereocenters. The van der Waals surface area contributed by atoms with E-state index in [-0.39, 0.29) is 10.9 Å². The molecule has 7 heteroatoms. The number of hydrogen-bond donors (Lipinski definition) is 2. The monoisotopic (exact) mass is 354 g/mol. The van der Waals surface area contributed by atoms with Crippen LogP contribution in [0.2, 0.25) is 0 Å². The van der Waals surface area contributed by atoms with Crippen LogP contribution in [-0.2, 0) is 14.8 Å². The Labute approximate surface area is 144 Å². The van der Waals surface area contributed by atoms with Crippen molar-refractivity contribution in [2.75, 3.05) is 19.8 Å². The predicted octanol–water partition coefficient (Wildman–Crippen LogP) is 1.66. The predicted molar refractivity (Wildman–Crippen MR) is 91.7 cm³/mol. The highest BCUT2D eigenvalue weighted by Gasteiger charge is 2.35. The van der Waals surface area contributed by atoms with E-state index in [0.717, 1.165) is 25.7 Å². The fourth-order valence-corrected chi connectivity index (χ4v) is 4.78. The van der Waals surface area contributed by atoms with Gasteiger partial charge in [-0.05, 0) is 56.9 Å². The molecule has 0 spiro atoms. The molecule has 3 rings (SSSR count). The normalized spacial score (nSPS) is 26.5. The van der Waals surface area contributed by atoms with E-state index >= 15 is 0 Å². The van der Waals surface area contributed by atoms with Gasteiger partial charge in [-0.15, -0.1) is 0 Å². The first-order valence-corrected chi connectivity index (χ1v) is 10.1. The van der Waals surface area contributed by atoms with Crippen molar-refractivity contribution in [3.05, 3.63) is 24.3 Å². The van der Waals surface area contributed by atoms with Gasteiger partial charge >= 0.3 is 0 Å². The number of fused-ring (bicyclic) bond motifs is 2. The molecule has 0 amide bonds. The summed E-state index contributed by atoms with van der Waals surface area (Å²) < 4.78 is 38.7. The molecule has 2 saturated heterocycles. The second-order valence-electron chi connectivity index (χ2n) is 6.44. The van der Waals surface area contributed by atoms with Crippen molar-refractivity contribution in [3.8, 4) is 5.75 Å². The Morgan fingerprint density at radius 2 is 1.79 bits per heavy atom. The molecule has 0 aromatic heterocycles. The topological polar surface area (TPSA) is 76.7 Å². The Hall–Kier alpha value is -1.15. The van der Waals surface area contributed by atoms with Crippen LogP contribution >= 0.6 is 0 Å². The van der Waals surface area contributed by atoms with Gasteiger partial charge in [0.15, 0.2) is 0 Å². The summed E-state index contributed by atoms with van der Waals surface area (Å²) in [5.41, 5.74) is 0. The lowest BCUT2D eigenvalue weighted by Gasteiger charge is -2.29. The van der Waals surface area contributed by atoms with E-state index in [2.05, 4.69) is 10.0 Å². The molecule has 0 saturated carbocycles. The van der Waals surface area contributed by atoms with Crippen molar-refractivity contribution in [1.82, 2.24) is 10.0 Å². The first kappa shape index (κ1) is 17.7. The zero-order valence-corrected chi connectivity index (χ0v) is 14.8. The van der Waals surface area contributed by atoms with Crippen LogP contribution in [0.3, 0.4) is 0 Å². The van der Waals surface area contributed by atoms with Crippen molar-refractivity contribution in [2.45, 2.75) is 55.6 Å². The number of nitrogens with one attached hydrogen (secondary N) is 2. The second kappa shape index (κ2) is 7.82. The molecule has 2 heterocycles. The van der Waals surface area contributed by atoms with E-state index in [1.54, 1.807) is 24.3 Å². The number of rotatable bonds is 8. The maximum absolute atomic E-state index is 12.6. The molecule has 0 aliphatic carbocycles. The molecule has 134 valence electrons. The summed E-state index contributed by atoms with van der Waals surface area (Å²) >= 11 is 0. The Kier molecular flexibility index (Phi) is 5.76. The molecule has 2 N–H and O–H groups in total. The maximum atomic E-state index is 12.6. The molecular weight excluding hydrogens is 328 g/mol. The number of piperidine rings is 1. The minimum atomic E-state index is -3.48. The maximum Gasteiger partial charge on any atom is 0.240 e. The quantitative estimate of drug-likeness (QED) is 0.695. The van der Waals surface area contributed by atoms with Gasteiger partial charge in [0.2, 0.25) is 10.0 Å². The van der Waals surface area contributed by atoms with Crippen LogP contribution in [-0.4, -0.2) is 46.4 Å². The van der Waals surface area contributed by atoms with Crippen LogP contribution in [0, 0.1) is 0 Å². The Morgan fingerprint density at radius 1 is 1.12 bits per heavy atom. The first-order chi connectivity index (χ1) is 11.6. The average Bonchev–Trinajstić information content (AvgIpc) is 2.90. The highest BCUT2D eigenvalue weighted by atomic mass is 32.2. The summed E-state index contributed by atoms with van der Waals surface area (Å²) in [6, 6.07) is 7.49. The van der Waals surface area contributed by atoms with Crippen LogP contribution in [0.1, 0.15) is 32.6 Å². The molecule has 1 aromatic carbocycles. The SMILES string of the molecule is CCOCCOc1ccc(S(=O)(=O)NC2CC3CCC(C2)N3)cc1. The van der Waals surface area contributed by atoms with Gasteiger partial charge in [0.1, 0.15) is 12.4 Å². The zero-order chi connectivity index (χ0) is 17.0. The molecule has 2 atom stereocenters. The minimum absolute atomic E-state index is 0.0240. The van der Waals surface area contributed by atoms with Gasteiger partial charge in [-0.3, -0.25) is 0 Å². The van der Waals surface area contributed by atoms with E-state index < -0.39 is 10.0 Å². The van der Waals surface area contributed by atoms with Crippen LogP contribution in [0.5, 0.6) is 5.75 Å². The smallest absolute Gasteiger partial charge is 0.240 e. The second-order valence-corrected chi connectivity index (χ2v) is 8.16. The van der Waals surface area contributed by atoms with Gasteiger partial charge in [-0.25, -0.2) is 13.1 Å². The van der Waals surface area contributed by atoms with Crippen molar-refractivity contribution in [1.29, 1.82) is 0 Å². The van der Waals surface area contributed by atoms with Crippen LogP contribution in [0.15, 0.2) is 29.2 Å². The summed E-state index contributed by atoms with van der Waals surface area (Å²) in [5, 5.41) is 3.52. The van der Waals surface area contributed by atoms with Gasteiger partial charge in [-0.2, -0.15) is 0 Å². The Bertz CT molecular complexity index is 620. The molecule has 2 aliphatic heterocycles. The van der Waals surface area contributed by atoms with Crippen LogP contribution < -0.4 is 14.8 Å². The van der Waals surface area contributed by atoms with Gasteiger partial charge in [0.25, 0.3) is 0 Å². The Balaban J connectivity index is 1.56. The molecular formula is C17H26N2O4S. The van der Waals surface area contributed by atoms with Crippen molar-refractivity contribution >= 4 is 10.0 Å². The van der Waals surface area contributed by atoms with E-state index in [0.29, 0.717) is 37.7 Å². The Morgan fingerprint density at radius 3 is 2.42 bits per heavy atom. The third-order valence-corrected chi connectivity index (χ3v) is 6.17. The number of ether oxygens (including phenoxy) is 2. The lowest BCUT2D eigenvalue weighted by atomic mass is 10.0. The van der Waals surface area contributed by atoms with Crippen molar-refractivity contribution < 1.29 is 17.9 Å². The number of sulfonamides is 1. The lowest BCUT2D eigenvalue weighted by molar-refractivity contribution is 0.110. The highest BCUT2D eigenvalue weighted by molar-refractivity contribution is 7.89. The van der Waals surface area contributed by atoms with Crippen molar-refractivity contribution in [3.63, 3.8) is 0 Å². The van der Waals surface area contributed by atoms with E-state index in [1.165, 1.54) is 0 Å². The lowest BCUT2D eigenvalue weighted by Crippen LogP contribution is -2.47. The summed E-state index contributed by atoms with van der Waals surface area (Å²) in [6.45, 7) is 3.57. The molecule has 2 aliphatic rings.